The topological polar surface area (TPSA) is 52.3 Å². The smallest absolute Gasteiger partial charge is 0.331 e. The van der Waals surface area contributed by atoms with Crippen molar-refractivity contribution in [2.75, 3.05) is 5.73 Å². The second-order valence-electron chi connectivity index (χ2n) is 2.90. The molecule has 0 aliphatic rings. The summed E-state index contributed by atoms with van der Waals surface area (Å²) in [5.74, 6) is -0.412. The van der Waals surface area contributed by atoms with Crippen LogP contribution in [-0.2, 0) is 9.53 Å². The molecular weight excluding hydrogens is 210 g/mol. The minimum absolute atomic E-state index is 0.237. The van der Waals surface area contributed by atoms with Gasteiger partial charge in [-0.15, -0.1) is 0 Å². The Morgan fingerprint density at radius 2 is 2.13 bits per heavy atom. The summed E-state index contributed by atoms with van der Waals surface area (Å²) in [5.41, 5.74) is 6.03. The van der Waals surface area contributed by atoms with Crippen LogP contribution in [0, 0.1) is 0 Å². The fourth-order valence-corrected chi connectivity index (χ4v) is 1.79. The highest BCUT2D eigenvalue weighted by Gasteiger charge is 2.07. The second-order valence-corrected chi connectivity index (χ2v) is 4.27. The summed E-state index contributed by atoms with van der Waals surface area (Å²) in [4.78, 5) is 11.9. The zero-order chi connectivity index (χ0) is 11.3. The van der Waals surface area contributed by atoms with E-state index in [2.05, 4.69) is 6.58 Å². The lowest BCUT2D eigenvalue weighted by Crippen LogP contribution is -2.08. The summed E-state index contributed by atoms with van der Waals surface area (Å²) in [6.45, 7) is 5.14. The standard InChI is InChI=1S/C11H13NO2S/c1-3-11(13)14-8(2)15-10-6-4-9(12)5-7-10/h3-8H,1,12H2,2H3. The highest BCUT2D eigenvalue weighted by atomic mass is 32.2. The van der Waals surface area contributed by atoms with Crippen LogP contribution in [0.25, 0.3) is 0 Å². The van der Waals surface area contributed by atoms with Crippen molar-refractivity contribution in [3.05, 3.63) is 36.9 Å². The van der Waals surface area contributed by atoms with E-state index >= 15 is 0 Å². The van der Waals surface area contributed by atoms with E-state index in [-0.39, 0.29) is 5.44 Å². The van der Waals surface area contributed by atoms with Crippen LogP contribution in [0.1, 0.15) is 6.92 Å². The molecule has 0 heterocycles. The lowest BCUT2D eigenvalue weighted by atomic mass is 10.3. The van der Waals surface area contributed by atoms with Crippen molar-refractivity contribution in [2.45, 2.75) is 17.3 Å². The molecule has 1 rings (SSSR count). The van der Waals surface area contributed by atoms with Crippen LogP contribution in [-0.4, -0.2) is 11.4 Å². The first-order valence-corrected chi connectivity index (χ1v) is 5.35. The zero-order valence-electron chi connectivity index (χ0n) is 8.47. The van der Waals surface area contributed by atoms with E-state index in [1.807, 2.05) is 31.2 Å². The molecule has 2 N–H and O–H groups in total. The van der Waals surface area contributed by atoms with Crippen LogP contribution < -0.4 is 5.73 Å². The molecule has 0 aromatic heterocycles. The Bertz CT molecular complexity index is 348. The van der Waals surface area contributed by atoms with Gasteiger partial charge in [0.1, 0.15) is 5.44 Å². The molecule has 0 bridgehead atoms. The zero-order valence-corrected chi connectivity index (χ0v) is 9.29. The maximum Gasteiger partial charge on any atom is 0.331 e. The van der Waals surface area contributed by atoms with Gasteiger partial charge < -0.3 is 10.5 Å². The van der Waals surface area contributed by atoms with Gasteiger partial charge in [-0.05, 0) is 31.2 Å². The van der Waals surface area contributed by atoms with Gasteiger partial charge in [-0.25, -0.2) is 4.79 Å². The first-order chi connectivity index (χ1) is 7.11. The van der Waals surface area contributed by atoms with E-state index in [1.165, 1.54) is 11.8 Å². The monoisotopic (exact) mass is 223 g/mol. The van der Waals surface area contributed by atoms with Gasteiger partial charge >= 0.3 is 5.97 Å². The Balaban J connectivity index is 2.51. The molecule has 3 nitrogen and oxygen atoms in total. The largest absolute Gasteiger partial charge is 0.448 e. The van der Waals surface area contributed by atoms with Crippen LogP contribution in [0.5, 0.6) is 0 Å². The van der Waals surface area contributed by atoms with Crippen molar-refractivity contribution in [1.29, 1.82) is 0 Å². The molecule has 0 saturated heterocycles. The third-order valence-corrected chi connectivity index (χ3v) is 2.60. The van der Waals surface area contributed by atoms with Crippen molar-refractivity contribution in [2.24, 2.45) is 0 Å². The minimum Gasteiger partial charge on any atom is -0.448 e. The quantitative estimate of drug-likeness (QED) is 0.280. The number of anilines is 1. The Labute approximate surface area is 93.3 Å². The highest BCUT2D eigenvalue weighted by molar-refractivity contribution is 7.99. The molecule has 0 amide bonds. The first-order valence-electron chi connectivity index (χ1n) is 4.47. The van der Waals surface area contributed by atoms with Gasteiger partial charge in [-0.3, -0.25) is 0 Å². The van der Waals surface area contributed by atoms with Gasteiger partial charge in [0.15, 0.2) is 0 Å². The third-order valence-electron chi connectivity index (χ3n) is 1.63. The van der Waals surface area contributed by atoms with E-state index in [4.69, 9.17) is 10.5 Å². The van der Waals surface area contributed by atoms with Crippen molar-refractivity contribution in [3.63, 3.8) is 0 Å². The van der Waals surface area contributed by atoms with Gasteiger partial charge in [0.25, 0.3) is 0 Å². The lowest BCUT2D eigenvalue weighted by molar-refractivity contribution is -0.138. The summed E-state index contributed by atoms with van der Waals surface area (Å²) in [6, 6.07) is 7.39. The van der Waals surface area contributed by atoms with E-state index in [1.54, 1.807) is 0 Å². The Morgan fingerprint density at radius 1 is 1.53 bits per heavy atom. The molecular formula is C11H13NO2S. The summed E-state index contributed by atoms with van der Waals surface area (Å²) in [6.07, 6.45) is 1.15. The fourth-order valence-electron chi connectivity index (χ4n) is 0.974. The van der Waals surface area contributed by atoms with Gasteiger partial charge in [-0.1, -0.05) is 18.3 Å². The average Bonchev–Trinajstić information content (AvgIpc) is 2.21. The van der Waals surface area contributed by atoms with Crippen molar-refractivity contribution in [1.82, 2.24) is 0 Å². The van der Waals surface area contributed by atoms with E-state index < -0.39 is 5.97 Å². The highest BCUT2D eigenvalue weighted by Crippen LogP contribution is 2.24. The summed E-state index contributed by atoms with van der Waals surface area (Å²) < 4.78 is 5.01. The molecule has 1 unspecified atom stereocenters. The number of nitrogens with two attached hydrogens (primary N) is 1. The van der Waals surface area contributed by atoms with Gasteiger partial charge in [0, 0.05) is 16.7 Å². The molecule has 0 aliphatic heterocycles. The SMILES string of the molecule is C=CC(=O)OC(C)Sc1ccc(N)cc1. The second kappa shape index (κ2) is 5.46. The van der Waals surface area contributed by atoms with Crippen LogP contribution in [0.15, 0.2) is 41.8 Å². The summed E-state index contributed by atoms with van der Waals surface area (Å²) in [5, 5.41) is 0. The predicted octanol–water partition coefficient (Wildman–Crippen LogP) is 2.44. The van der Waals surface area contributed by atoms with Crippen LogP contribution >= 0.6 is 11.8 Å². The number of ether oxygens (including phenoxy) is 1. The third kappa shape index (κ3) is 4.08. The Kier molecular flexibility index (Phi) is 4.24. The van der Waals surface area contributed by atoms with Gasteiger partial charge in [0.05, 0.1) is 0 Å². The van der Waals surface area contributed by atoms with Crippen molar-refractivity contribution >= 4 is 23.4 Å². The number of hydrogen-bond donors (Lipinski definition) is 1. The number of benzene rings is 1. The molecule has 0 aliphatic carbocycles. The Morgan fingerprint density at radius 3 is 2.67 bits per heavy atom. The van der Waals surface area contributed by atoms with Crippen molar-refractivity contribution in [3.8, 4) is 0 Å². The molecule has 0 saturated carbocycles. The van der Waals surface area contributed by atoms with Crippen LogP contribution in [0.2, 0.25) is 0 Å². The maximum atomic E-state index is 10.9. The summed E-state index contributed by atoms with van der Waals surface area (Å²) in [7, 11) is 0. The summed E-state index contributed by atoms with van der Waals surface area (Å²) >= 11 is 1.45. The van der Waals surface area contributed by atoms with Crippen LogP contribution in [0.3, 0.4) is 0 Å². The van der Waals surface area contributed by atoms with E-state index in [9.17, 15) is 4.79 Å². The number of rotatable bonds is 4. The molecule has 1 aromatic carbocycles. The molecule has 0 spiro atoms. The van der Waals surface area contributed by atoms with Crippen molar-refractivity contribution < 1.29 is 9.53 Å². The number of esters is 1. The van der Waals surface area contributed by atoms with Gasteiger partial charge in [-0.2, -0.15) is 0 Å². The molecule has 80 valence electrons. The average molecular weight is 223 g/mol. The molecule has 1 aromatic rings. The Hall–Kier alpha value is -1.42. The maximum absolute atomic E-state index is 10.9. The van der Waals surface area contributed by atoms with E-state index in [0.717, 1.165) is 16.7 Å². The van der Waals surface area contributed by atoms with Gasteiger partial charge in [0.2, 0.25) is 0 Å². The van der Waals surface area contributed by atoms with E-state index in [0.29, 0.717) is 0 Å². The number of nitrogen functional groups attached to an aromatic ring is 1. The predicted molar refractivity (Wildman–Crippen MR) is 62.5 cm³/mol. The molecule has 4 heteroatoms. The number of carbonyl (C=O) groups is 1. The molecule has 0 fully saturated rings. The molecule has 0 radical (unpaired) electrons. The molecule has 1 atom stereocenters. The molecule has 15 heavy (non-hydrogen) atoms. The fraction of sp³-hybridized carbons (Fsp3) is 0.182. The number of hydrogen-bond acceptors (Lipinski definition) is 4. The van der Waals surface area contributed by atoms with Crippen LogP contribution in [0.4, 0.5) is 5.69 Å². The number of carbonyl (C=O) groups excluding carboxylic acids is 1. The number of thioether (sulfide) groups is 1. The first kappa shape index (κ1) is 11.7. The lowest BCUT2D eigenvalue weighted by Gasteiger charge is -2.11. The minimum atomic E-state index is -0.412. The normalized spacial score (nSPS) is 11.8.